The van der Waals surface area contributed by atoms with Crippen molar-refractivity contribution < 1.29 is 14.6 Å². The summed E-state index contributed by atoms with van der Waals surface area (Å²) in [6.45, 7) is 3.73. The fourth-order valence-electron chi connectivity index (χ4n) is 4.68. The SMILES string of the molecule is C[C@@H](NCCC1CN(c2ccc(C(=O)O)cc2)c2ccccc2O1)c1cccc2ccccc12. The van der Waals surface area contributed by atoms with Crippen LogP contribution >= 0.6 is 0 Å². The molecule has 0 saturated carbocycles. The summed E-state index contributed by atoms with van der Waals surface area (Å²) >= 11 is 0. The minimum Gasteiger partial charge on any atom is -0.486 e. The molecular weight excluding hydrogens is 424 g/mol. The van der Waals surface area contributed by atoms with Gasteiger partial charge in [0.05, 0.1) is 17.8 Å². The number of hydrogen-bond donors (Lipinski definition) is 2. The van der Waals surface area contributed by atoms with Gasteiger partial charge in [0.25, 0.3) is 0 Å². The first-order valence-corrected chi connectivity index (χ1v) is 11.7. The average Bonchev–Trinajstić information content (AvgIpc) is 2.88. The minimum absolute atomic E-state index is 0.0151. The summed E-state index contributed by atoms with van der Waals surface area (Å²) in [5, 5.41) is 15.4. The van der Waals surface area contributed by atoms with Crippen LogP contribution in [0.3, 0.4) is 0 Å². The van der Waals surface area contributed by atoms with Gasteiger partial charge in [-0.3, -0.25) is 0 Å². The van der Waals surface area contributed by atoms with Gasteiger partial charge in [0, 0.05) is 11.7 Å². The molecule has 5 nitrogen and oxygen atoms in total. The van der Waals surface area contributed by atoms with Crippen molar-refractivity contribution in [2.75, 3.05) is 18.0 Å². The van der Waals surface area contributed by atoms with Crippen LogP contribution in [0.5, 0.6) is 5.75 Å². The molecule has 34 heavy (non-hydrogen) atoms. The standard InChI is InChI=1S/C29H28N2O3/c1-20(25-10-6-8-21-7-2-3-9-26(21)25)30-18-17-24-19-31(27-11-4-5-12-28(27)34-24)23-15-13-22(14-16-23)29(32)33/h2-16,20,24,30H,17-19H2,1H3,(H,32,33)/t20-,24?/m1/s1. The highest BCUT2D eigenvalue weighted by Gasteiger charge is 2.26. The van der Waals surface area contributed by atoms with Crippen molar-refractivity contribution in [3.8, 4) is 5.75 Å². The highest BCUT2D eigenvalue weighted by Crippen LogP contribution is 2.38. The van der Waals surface area contributed by atoms with Gasteiger partial charge in [0.1, 0.15) is 11.9 Å². The van der Waals surface area contributed by atoms with Crippen LogP contribution in [0.15, 0.2) is 91.0 Å². The number of carboxylic acids is 1. The quantitative estimate of drug-likeness (QED) is 0.351. The van der Waals surface area contributed by atoms with E-state index in [-0.39, 0.29) is 17.7 Å². The van der Waals surface area contributed by atoms with E-state index in [1.165, 1.54) is 16.3 Å². The van der Waals surface area contributed by atoms with Crippen LogP contribution in [0.2, 0.25) is 0 Å². The van der Waals surface area contributed by atoms with E-state index in [1.54, 1.807) is 12.1 Å². The first kappa shape index (κ1) is 22.0. The fourth-order valence-corrected chi connectivity index (χ4v) is 4.68. The maximum absolute atomic E-state index is 11.2. The first-order chi connectivity index (χ1) is 16.6. The number of nitrogens with one attached hydrogen (secondary N) is 1. The summed E-state index contributed by atoms with van der Waals surface area (Å²) in [6, 6.07) is 30.2. The summed E-state index contributed by atoms with van der Waals surface area (Å²) in [4.78, 5) is 13.5. The van der Waals surface area contributed by atoms with Crippen molar-refractivity contribution in [3.05, 3.63) is 102 Å². The van der Waals surface area contributed by atoms with Crippen molar-refractivity contribution >= 4 is 28.1 Å². The third kappa shape index (κ3) is 4.47. The van der Waals surface area contributed by atoms with E-state index in [2.05, 4.69) is 59.6 Å². The third-order valence-corrected chi connectivity index (χ3v) is 6.47. The van der Waals surface area contributed by atoms with E-state index in [4.69, 9.17) is 4.74 Å². The van der Waals surface area contributed by atoms with Crippen LogP contribution < -0.4 is 15.0 Å². The van der Waals surface area contributed by atoms with Gasteiger partial charge in [-0.25, -0.2) is 4.79 Å². The van der Waals surface area contributed by atoms with Crippen LogP contribution in [-0.2, 0) is 0 Å². The molecule has 0 amide bonds. The lowest BCUT2D eigenvalue weighted by Crippen LogP contribution is -2.39. The Labute approximate surface area is 199 Å². The second kappa shape index (κ2) is 9.57. The van der Waals surface area contributed by atoms with Crippen LogP contribution in [-0.4, -0.2) is 30.3 Å². The number of aromatic carboxylic acids is 1. The van der Waals surface area contributed by atoms with E-state index >= 15 is 0 Å². The summed E-state index contributed by atoms with van der Waals surface area (Å²) < 4.78 is 6.33. The Morgan fingerprint density at radius 3 is 2.56 bits per heavy atom. The normalized spacial score (nSPS) is 16.0. The molecular formula is C29H28N2O3. The number of para-hydroxylation sites is 2. The van der Waals surface area contributed by atoms with Gasteiger partial charge < -0.3 is 20.1 Å². The number of benzene rings is 4. The van der Waals surface area contributed by atoms with Crippen molar-refractivity contribution in [3.63, 3.8) is 0 Å². The molecule has 4 aromatic carbocycles. The van der Waals surface area contributed by atoms with E-state index in [9.17, 15) is 9.90 Å². The van der Waals surface area contributed by atoms with Gasteiger partial charge in [-0.2, -0.15) is 0 Å². The molecule has 0 aliphatic carbocycles. The van der Waals surface area contributed by atoms with Gasteiger partial charge in [-0.15, -0.1) is 0 Å². The molecule has 5 heteroatoms. The first-order valence-electron chi connectivity index (χ1n) is 11.7. The second-order valence-electron chi connectivity index (χ2n) is 8.70. The Hall–Kier alpha value is -3.83. The van der Waals surface area contributed by atoms with Crippen LogP contribution in [0.1, 0.15) is 35.3 Å². The Morgan fingerprint density at radius 1 is 1.00 bits per heavy atom. The lowest BCUT2D eigenvalue weighted by Gasteiger charge is -2.36. The van der Waals surface area contributed by atoms with Crippen molar-refractivity contribution in [2.24, 2.45) is 0 Å². The third-order valence-electron chi connectivity index (χ3n) is 6.47. The maximum atomic E-state index is 11.2. The number of carboxylic acid groups (broad SMARTS) is 1. The smallest absolute Gasteiger partial charge is 0.335 e. The van der Waals surface area contributed by atoms with Crippen LogP contribution in [0.4, 0.5) is 11.4 Å². The summed E-state index contributed by atoms with van der Waals surface area (Å²) in [5.41, 5.74) is 3.54. The topological polar surface area (TPSA) is 61.8 Å². The molecule has 4 aromatic rings. The van der Waals surface area contributed by atoms with Crippen molar-refractivity contribution in [1.29, 1.82) is 0 Å². The number of nitrogens with zero attached hydrogens (tertiary/aromatic N) is 1. The van der Waals surface area contributed by atoms with Crippen LogP contribution in [0.25, 0.3) is 10.8 Å². The Balaban J connectivity index is 1.28. The Bertz CT molecular complexity index is 1300. The zero-order chi connectivity index (χ0) is 23.5. The molecule has 5 rings (SSSR count). The molecule has 1 heterocycles. The van der Waals surface area contributed by atoms with Gasteiger partial charge in [0.2, 0.25) is 0 Å². The number of hydrogen-bond acceptors (Lipinski definition) is 4. The molecule has 2 N–H and O–H groups in total. The van der Waals surface area contributed by atoms with E-state index in [0.29, 0.717) is 6.54 Å². The van der Waals surface area contributed by atoms with E-state index < -0.39 is 5.97 Å². The van der Waals surface area contributed by atoms with Gasteiger partial charge in [0.15, 0.2) is 0 Å². The predicted octanol–water partition coefficient (Wildman–Crippen LogP) is 6.18. The molecule has 0 bridgehead atoms. The zero-order valence-electron chi connectivity index (χ0n) is 19.1. The maximum Gasteiger partial charge on any atom is 0.335 e. The molecule has 0 saturated heterocycles. The van der Waals surface area contributed by atoms with Gasteiger partial charge >= 0.3 is 5.97 Å². The minimum atomic E-state index is -0.918. The fraction of sp³-hybridized carbons (Fsp3) is 0.207. The number of carbonyl (C=O) groups is 1. The lowest BCUT2D eigenvalue weighted by atomic mass is 9.99. The molecule has 0 aromatic heterocycles. The number of rotatable bonds is 7. The second-order valence-corrected chi connectivity index (χ2v) is 8.70. The Morgan fingerprint density at radius 2 is 1.74 bits per heavy atom. The molecule has 0 fully saturated rings. The van der Waals surface area contributed by atoms with E-state index in [1.807, 2.05) is 36.4 Å². The number of anilines is 2. The molecule has 1 aliphatic heterocycles. The monoisotopic (exact) mass is 452 g/mol. The van der Waals surface area contributed by atoms with Gasteiger partial charge in [-0.1, -0.05) is 54.6 Å². The zero-order valence-corrected chi connectivity index (χ0v) is 19.1. The molecule has 1 unspecified atom stereocenters. The summed E-state index contributed by atoms with van der Waals surface area (Å²) in [6.07, 6.45) is 0.869. The molecule has 172 valence electrons. The summed E-state index contributed by atoms with van der Waals surface area (Å²) in [5.74, 6) is -0.0682. The highest BCUT2D eigenvalue weighted by atomic mass is 16.5. The van der Waals surface area contributed by atoms with Gasteiger partial charge in [-0.05, 0) is 72.6 Å². The van der Waals surface area contributed by atoms with Crippen molar-refractivity contribution in [2.45, 2.75) is 25.5 Å². The molecule has 2 atom stereocenters. The molecule has 0 radical (unpaired) electrons. The average molecular weight is 453 g/mol. The van der Waals surface area contributed by atoms with Crippen molar-refractivity contribution in [1.82, 2.24) is 5.32 Å². The molecule has 0 spiro atoms. The molecule has 1 aliphatic rings. The Kier molecular flexibility index (Phi) is 6.19. The highest BCUT2D eigenvalue weighted by molar-refractivity contribution is 5.88. The predicted molar refractivity (Wildman–Crippen MR) is 136 cm³/mol. The van der Waals surface area contributed by atoms with Crippen LogP contribution in [0, 0.1) is 0 Å². The number of fused-ring (bicyclic) bond motifs is 2. The number of ether oxygens (including phenoxy) is 1. The summed E-state index contributed by atoms with van der Waals surface area (Å²) in [7, 11) is 0. The largest absolute Gasteiger partial charge is 0.486 e. The lowest BCUT2D eigenvalue weighted by molar-refractivity contribution is 0.0697. The van der Waals surface area contributed by atoms with E-state index in [0.717, 1.165) is 30.1 Å².